The van der Waals surface area contributed by atoms with Crippen LogP contribution < -0.4 is 10.1 Å². The monoisotopic (exact) mass is 220 g/mol. The summed E-state index contributed by atoms with van der Waals surface area (Å²) in [5.41, 5.74) is 1.06. The van der Waals surface area contributed by atoms with E-state index in [9.17, 15) is 4.79 Å². The van der Waals surface area contributed by atoms with Crippen molar-refractivity contribution in [3.8, 4) is 5.75 Å². The normalized spacial score (nSPS) is 16.3. The van der Waals surface area contributed by atoms with Gasteiger partial charge in [-0.3, -0.25) is 4.79 Å². The largest absolute Gasteiger partial charge is 0.496 e. The van der Waals surface area contributed by atoms with Crippen LogP contribution in [-0.4, -0.2) is 37.6 Å². The van der Waals surface area contributed by atoms with E-state index in [4.69, 9.17) is 4.74 Å². The zero-order valence-corrected chi connectivity index (χ0v) is 9.40. The number of carbonyl (C=O) groups is 1. The Kier molecular flexibility index (Phi) is 3.41. The Morgan fingerprint density at radius 1 is 1.44 bits per heavy atom. The van der Waals surface area contributed by atoms with Crippen molar-refractivity contribution in [1.82, 2.24) is 10.2 Å². The van der Waals surface area contributed by atoms with Crippen molar-refractivity contribution in [2.75, 3.05) is 26.7 Å². The van der Waals surface area contributed by atoms with Crippen molar-refractivity contribution in [3.05, 3.63) is 29.8 Å². The molecular formula is C12H16N2O2. The third-order valence-electron chi connectivity index (χ3n) is 2.74. The number of rotatable bonds is 3. The number of nitrogens with one attached hydrogen (secondary N) is 1. The number of amides is 1. The van der Waals surface area contributed by atoms with Crippen molar-refractivity contribution in [3.63, 3.8) is 0 Å². The fraction of sp³-hybridized carbons (Fsp3) is 0.417. The van der Waals surface area contributed by atoms with Gasteiger partial charge in [0.15, 0.2) is 0 Å². The van der Waals surface area contributed by atoms with E-state index < -0.39 is 0 Å². The van der Waals surface area contributed by atoms with Crippen LogP contribution in [0, 0.1) is 0 Å². The number of carbonyl (C=O) groups excluding carboxylic acids is 1. The summed E-state index contributed by atoms with van der Waals surface area (Å²) >= 11 is 0. The smallest absolute Gasteiger partial charge is 0.236 e. The SMILES string of the molecule is COc1ccccc1CN1CCNCC1=O. The Hall–Kier alpha value is -1.55. The van der Waals surface area contributed by atoms with Crippen LogP contribution in [0.3, 0.4) is 0 Å². The minimum absolute atomic E-state index is 0.150. The Balaban J connectivity index is 2.10. The van der Waals surface area contributed by atoms with Gasteiger partial charge in [-0.05, 0) is 6.07 Å². The van der Waals surface area contributed by atoms with Crippen LogP contribution in [-0.2, 0) is 11.3 Å². The Labute approximate surface area is 95.2 Å². The van der Waals surface area contributed by atoms with Gasteiger partial charge >= 0.3 is 0 Å². The second kappa shape index (κ2) is 4.99. The van der Waals surface area contributed by atoms with Crippen LogP contribution in [0.25, 0.3) is 0 Å². The average Bonchev–Trinajstić information content (AvgIpc) is 2.33. The van der Waals surface area contributed by atoms with Gasteiger partial charge in [-0.15, -0.1) is 0 Å². The molecule has 4 nitrogen and oxygen atoms in total. The highest BCUT2D eigenvalue weighted by molar-refractivity contribution is 5.79. The second-order valence-corrected chi connectivity index (χ2v) is 3.80. The number of ether oxygens (including phenoxy) is 1. The fourth-order valence-electron chi connectivity index (χ4n) is 1.85. The summed E-state index contributed by atoms with van der Waals surface area (Å²) in [6, 6.07) is 7.81. The summed E-state index contributed by atoms with van der Waals surface area (Å²) in [5.74, 6) is 0.992. The maximum absolute atomic E-state index is 11.6. The molecule has 1 heterocycles. The maximum atomic E-state index is 11.6. The molecule has 1 N–H and O–H groups in total. The van der Waals surface area contributed by atoms with Gasteiger partial charge in [-0.25, -0.2) is 0 Å². The predicted molar refractivity (Wildman–Crippen MR) is 61.3 cm³/mol. The predicted octanol–water partition coefficient (Wildman–Crippen LogP) is 0.627. The number of benzene rings is 1. The molecule has 1 saturated heterocycles. The van der Waals surface area contributed by atoms with Crippen LogP contribution in [0.2, 0.25) is 0 Å². The molecule has 0 saturated carbocycles. The third-order valence-corrected chi connectivity index (χ3v) is 2.74. The number of hydrogen-bond acceptors (Lipinski definition) is 3. The molecule has 0 bridgehead atoms. The van der Waals surface area contributed by atoms with Crippen LogP contribution in [0.15, 0.2) is 24.3 Å². The lowest BCUT2D eigenvalue weighted by Gasteiger charge is -2.27. The van der Waals surface area contributed by atoms with Crippen molar-refractivity contribution in [1.29, 1.82) is 0 Å². The lowest BCUT2D eigenvalue weighted by atomic mass is 10.1. The number of methoxy groups -OCH3 is 1. The molecule has 1 amide bonds. The molecule has 0 aromatic heterocycles. The van der Waals surface area contributed by atoms with E-state index in [1.165, 1.54) is 0 Å². The van der Waals surface area contributed by atoms with E-state index in [0.29, 0.717) is 13.1 Å². The Bertz CT molecular complexity index is 379. The van der Waals surface area contributed by atoms with E-state index in [1.807, 2.05) is 29.2 Å². The molecule has 1 fully saturated rings. The molecule has 86 valence electrons. The molecule has 0 aliphatic carbocycles. The molecule has 4 heteroatoms. The maximum Gasteiger partial charge on any atom is 0.236 e. The molecule has 0 atom stereocenters. The number of hydrogen-bond donors (Lipinski definition) is 1. The first-order valence-corrected chi connectivity index (χ1v) is 5.41. The summed E-state index contributed by atoms with van der Waals surface area (Å²) in [5, 5.41) is 3.06. The molecule has 1 aromatic carbocycles. The first-order chi connectivity index (χ1) is 7.81. The molecule has 2 rings (SSSR count). The van der Waals surface area contributed by atoms with Gasteiger partial charge in [-0.2, -0.15) is 0 Å². The number of nitrogens with zero attached hydrogens (tertiary/aromatic N) is 1. The molecule has 0 unspecified atom stereocenters. The van der Waals surface area contributed by atoms with E-state index in [0.717, 1.165) is 24.4 Å². The van der Waals surface area contributed by atoms with Crippen molar-refractivity contribution in [2.45, 2.75) is 6.54 Å². The van der Waals surface area contributed by atoms with Crippen molar-refractivity contribution in [2.24, 2.45) is 0 Å². The lowest BCUT2D eigenvalue weighted by Crippen LogP contribution is -2.47. The topological polar surface area (TPSA) is 41.6 Å². The zero-order chi connectivity index (χ0) is 11.4. The quantitative estimate of drug-likeness (QED) is 0.812. The van der Waals surface area contributed by atoms with Gasteiger partial charge in [0.2, 0.25) is 5.91 Å². The molecule has 1 aliphatic rings. The highest BCUT2D eigenvalue weighted by Gasteiger charge is 2.18. The van der Waals surface area contributed by atoms with Crippen LogP contribution >= 0.6 is 0 Å². The average molecular weight is 220 g/mol. The Morgan fingerprint density at radius 2 is 2.25 bits per heavy atom. The molecule has 1 aliphatic heterocycles. The van der Waals surface area contributed by atoms with Gasteiger partial charge in [0.1, 0.15) is 5.75 Å². The minimum atomic E-state index is 0.150. The van der Waals surface area contributed by atoms with Gasteiger partial charge in [0.25, 0.3) is 0 Å². The van der Waals surface area contributed by atoms with Crippen LogP contribution in [0.5, 0.6) is 5.75 Å². The highest BCUT2D eigenvalue weighted by atomic mass is 16.5. The zero-order valence-electron chi connectivity index (χ0n) is 9.40. The van der Waals surface area contributed by atoms with E-state index in [-0.39, 0.29) is 5.91 Å². The second-order valence-electron chi connectivity index (χ2n) is 3.80. The first-order valence-electron chi connectivity index (χ1n) is 5.41. The van der Waals surface area contributed by atoms with Gasteiger partial charge < -0.3 is 15.0 Å². The lowest BCUT2D eigenvalue weighted by molar-refractivity contribution is -0.132. The van der Waals surface area contributed by atoms with E-state index >= 15 is 0 Å². The summed E-state index contributed by atoms with van der Waals surface area (Å²) in [4.78, 5) is 13.5. The van der Waals surface area contributed by atoms with Crippen molar-refractivity contribution < 1.29 is 9.53 Å². The number of piperazine rings is 1. The van der Waals surface area contributed by atoms with Crippen LogP contribution in [0.4, 0.5) is 0 Å². The standard InChI is InChI=1S/C12H16N2O2/c1-16-11-5-3-2-4-10(11)9-14-7-6-13-8-12(14)15/h2-5,13H,6-9H2,1H3. The molecular weight excluding hydrogens is 204 g/mol. The fourth-order valence-corrected chi connectivity index (χ4v) is 1.85. The summed E-state index contributed by atoms with van der Waals surface area (Å²) in [6.07, 6.45) is 0. The third kappa shape index (κ3) is 2.33. The summed E-state index contributed by atoms with van der Waals surface area (Å²) in [7, 11) is 1.65. The van der Waals surface area contributed by atoms with Crippen molar-refractivity contribution >= 4 is 5.91 Å². The van der Waals surface area contributed by atoms with E-state index in [1.54, 1.807) is 7.11 Å². The molecule has 0 spiro atoms. The molecule has 16 heavy (non-hydrogen) atoms. The first kappa shape index (κ1) is 11.0. The van der Waals surface area contributed by atoms with Crippen LogP contribution in [0.1, 0.15) is 5.56 Å². The van der Waals surface area contributed by atoms with Gasteiger partial charge in [0.05, 0.1) is 13.7 Å². The summed E-state index contributed by atoms with van der Waals surface area (Å²) < 4.78 is 5.27. The molecule has 1 aromatic rings. The number of para-hydroxylation sites is 1. The highest BCUT2D eigenvalue weighted by Crippen LogP contribution is 2.19. The van der Waals surface area contributed by atoms with E-state index in [2.05, 4.69) is 5.32 Å². The van der Waals surface area contributed by atoms with Gasteiger partial charge in [0, 0.05) is 25.2 Å². The summed E-state index contributed by atoms with van der Waals surface area (Å²) in [6.45, 7) is 2.69. The molecule has 0 radical (unpaired) electrons. The minimum Gasteiger partial charge on any atom is -0.496 e. The Morgan fingerprint density at radius 3 is 3.00 bits per heavy atom. The van der Waals surface area contributed by atoms with Gasteiger partial charge in [-0.1, -0.05) is 18.2 Å².